The smallest absolute Gasteiger partial charge is 0.260 e. The normalized spacial score (nSPS) is 11.0. The van der Waals surface area contributed by atoms with Gasteiger partial charge in [-0.2, -0.15) is 0 Å². The van der Waals surface area contributed by atoms with E-state index in [9.17, 15) is 9.59 Å². The lowest BCUT2D eigenvalue weighted by Crippen LogP contribution is -2.24. The van der Waals surface area contributed by atoms with Crippen LogP contribution in [0.2, 0.25) is 0 Å². The van der Waals surface area contributed by atoms with Crippen molar-refractivity contribution < 1.29 is 14.0 Å². The van der Waals surface area contributed by atoms with Crippen LogP contribution in [0.5, 0.6) is 0 Å². The highest BCUT2D eigenvalue weighted by Gasteiger charge is 2.14. The summed E-state index contributed by atoms with van der Waals surface area (Å²) in [7, 11) is 0. The maximum atomic E-state index is 12.1. The van der Waals surface area contributed by atoms with Crippen molar-refractivity contribution in [2.75, 3.05) is 5.32 Å². The molecule has 2 N–H and O–H groups in total. The number of amides is 2. The molecule has 0 aliphatic rings. The zero-order valence-electron chi connectivity index (χ0n) is 15.2. The molecule has 0 radical (unpaired) electrons. The summed E-state index contributed by atoms with van der Waals surface area (Å²) >= 11 is 2.88. The average molecular weight is 405 g/mol. The van der Waals surface area contributed by atoms with Crippen molar-refractivity contribution in [1.29, 1.82) is 0 Å². The Morgan fingerprint density at radius 3 is 2.63 bits per heavy atom. The largest absolute Gasteiger partial charge is 0.469 e. The Labute approximate surface area is 164 Å². The summed E-state index contributed by atoms with van der Waals surface area (Å²) in [4.78, 5) is 33.1. The molecular formula is C18H20N4O3S2. The van der Waals surface area contributed by atoms with Gasteiger partial charge in [0.25, 0.3) is 5.91 Å². The van der Waals surface area contributed by atoms with Crippen LogP contribution in [0, 0.1) is 6.92 Å². The number of furan rings is 1. The lowest BCUT2D eigenvalue weighted by molar-refractivity contribution is -0.120. The standard InChI is InChI=1S/C18H20N4O3S2/c1-10(2)17-20-13(9-26-17)7-19-15(23)6-12-8-27-18(21-12)22-16(24)14-4-5-25-11(14)3/h4-5,8-10H,6-7H2,1-3H3,(H,19,23)(H,21,22,24). The van der Waals surface area contributed by atoms with Gasteiger partial charge in [0.15, 0.2) is 5.13 Å². The Morgan fingerprint density at radius 1 is 1.19 bits per heavy atom. The number of aromatic nitrogens is 2. The monoisotopic (exact) mass is 404 g/mol. The molecule has 0 spiro atoms. The number of rotatable bonds is 7. The molecule has 0 saturated heterocycles. The van der Waals surface area contributed by atoms with Crippen LogP contribution >= 0.6 is 22.7 Å². The Bertz CT molecular complexity index is 942. The molecule has 0 saturated carbocycles. The number of anilines is 1. The van der Waals surface area contributed by atoms with Gasteiger partial charge in [0.1, 0.15) is 5.76 Å². The second-order valence-electron chi connectivity index (χ2n) is 6.27. The maximum Gasteiger partial charge on any atom is 0.260 e. The molecule has 3 aromatic heterocycles. The number of carbonyl (C=O) groups excluding carboxylic acids is 2. The van der Waals surface area contributed by atoms with Gasteiger partial charge in [0.2, 0.25) is 5.91 Å². The topological polar surface area (TPSA) is 97.1 Å². The van der Waals surface area contributed by atoms with Crippen molar-refractivity contribution in [2.24, 2.45) is 0 Å². The second kappa shape index (κ2) is 8.45. The zero-order chi connectivity index (χ0) is 19.4. The van der Waals surface area contributed by atoms with E-state index in [1.54, 1.807) is 29.7 Å². The third kappa shape index (κ3) is 5.01. The van der Waals surface area contributed by atoms with Crippen LogP contribution in [-0.2, 0) is 17.8 Å². The van der Waals surface area contributed by atoms with Gasteiger partial charge in [-0.15, -0.1) is 22.7 Å². The van der Waals surface area contributed by atoms with Crippen molar-refractivity contribution in [3.8, 4) is 0 Å². The van der Waals surface area contributed by atoms with Crippen LogP contribution in [-0.4, -0.2) is 21.8 Å². The summed E-state index contributed by atoms with van der Waals surface area (Å²) in [6, 6.07) is 1.61. The summed E-state index contributed by atoms with van der Waals surface area (Å²) in [5, 5.41) is 10.8. The van der Waals surface area contributed by atoms with E-state index in [1.165, 1.54) is 17.6 Å². The van der Waals surface area contributed by atoms with Gasteiger partial charge >= 0.3 is 0 Å². The number of nitrogens with zero attached hydrogens (tertiary/aromatic N) is 2. The lowest BCUT2D eigenvalue weighted by atomic mass is 10.2. The summed E-state index contributed by atoms with van der Waals surface area (Å²) < 4.78 is 5.12. The first kappa shape index (κ1) is 19.2. The van der Waals surface area contributed by atoms with Crippen LogP contribution in [0.4, 0.5) is 5.13 Å². The molecular weight excluding hydrogens is 384 g/mol. The predicted octanol–water partition coefficient (Wildman–Crippen LogP) is 3.74. The fourth-order valence-corrected chi connectivity index (χ4v) is 3.86. The molecule has 0 aliphatic carbocycles. The Hall–Kier alpha value is -2.52. The van der Waals surface area contributed by atoms with Crippen molar-refractivity contribution in [3.05, 3.63) is 50.8 Å². The highest BCUT2D eigenvalue weighted by atomic mass is 32.1. The third-order valence-corrected chi connectivity index (χ3v) is 5.75. The molecule has 3 rings (SSSR count). The first-order chi connectivity index (χ1) is 12.9. The Kier molecular flexibility index (Phi) is 6.02. The van der Waals surface area contributed by atoms with Gasteiger partial charge in [0, 0.05) is 16.7 Å². The van der Waals surface area contributed by atoms with Gasteiger partial charge in [-0.25, -0.2) is 9.97 Å². The molecule has 2 amide bonds. The van der Waals surface area contributed by atoms with Crippen molar-refractivity contribution in [3.63, 3.8) is 0 Å². The van der Waals surface area contributed by atoms with Crippen molar-refractivity contribution >= 4 is 39.6 Å². The van der Waals surface area contributed by atoms with Gasteiger partial charge in [-0.05, 0) is 13.0 Å². The molecule has 27 heavy (non-hydrogen) atoms. The molecule has 0 fully saturated rings. The molecule has 3 heterocycles. The Balaban J connectivity index is 1.50. The molecule has 0 atom stereocenters. The SMILES string of the molecule is Cc1occc1C(=O)Nc1nc(CC(=O)NCc2csc(C(C)C)n2)cs1. The molecule has 7 nitrogen and oxygen atoms in total. The number of nitrogens with one attached hydrogen (secondary N) is 2. The van der Waals surface area contributed by atoms with E-state index in [0.29, 0.717) is 34.6 Å². The second-order valence-corrected chi connectivity index (χ2v) is 8.02. The van der Waals surface area contributed by atoms with Crippen LogP contribution in [0.1, 0.15) is 52.3 Å². The number of thiazole rings is 2. The van der Waals surface area contributed by atoms with Gasteiger partial charge < -0.3 is 9.73 Å². The minimum absolute atomic E-state index is 0.136. The number of aryl methyl sites for hydroxylation is 1. The van der Waals surface area contributed by atoms with E-state index >= 15 is 0 Å². The van der Waals surface area contributed by atoms with Gasteiger partial charge in [0.05, 0.1) is 41.2 Å². The summed E-state index contributed by atoms with van der Waals surface area (Å²) in [5.41, 5.74) is 1.94. The van der Waals surface area contributed by atoms with E-state index in [2.05, 4.69) is 34.4 Å². The summed E-state index contributed by atoms with van der Waals surface area (Å²) in [6.07, 6.45) is 1.62. The molecule has 0 unspecified atom stereocenters. The average Bonchev–Trinajstić information content (AvgIpc) is 3.34. The van der Waals surface area contributed by atoms with E-state index in [1.807, 2.05) is 5.38 Å². The zero-order valence-corrected chi connectivity index (χ0v) is 16.9. The first-order valence-electron chi connectivity index (χ1n) is 8.43. The highest BCUT2D eigenvalue weighted by molar-refractivity contribution is 7.14. The molecule has 0 aliphatic heterocycles. The minimum atomic E-state index is -0.281. The highest BCUT2D eigenvalue weighted by Crippen LogP contribution is 2.20. The minimum Gasteiger partial charge on any atom is -0.469 e. The molecule has 9 heteroatoms. The molecule has 0 aromatic carbocycles. The van der Waals surface area contributed by atoms with Crippen molar-refractivity contribution in [1.82, 2.24) is 15.3 Å². The number of hydrogen-bond acceptors (Lipinski definition) is 7. The third-order valence-electron chi connectivity index (χ3n) is 3.75. The van der Waals surface area contributed by atoms with E-state index in [4.69, 9.17) is 4.42 Å². The lowest BCUT2D eigenvalue weighted by Gasteiger charge is -2.02. The molecule has 0 bridgehead atoms. The predicted molar refractivity (Wildman–Crippen MR) is 105 cm³/mol. The maximum absolute atomic E-state index is 12.1. The number of carbonyl (C=O) groups is 2. The van der Waals surface area contributed by atoms with Crippen LogP contribution in [0.15, 0.2) is 27.5 Å². The van der Waals surface area contributed by atoms with E-state index in [0.717, 1.165) is 10.7 Å². The number of hydrogen-bond donors (Lipinski definition) is 2. The molecule has 3 aromatic rings. The fourth-order valence-electron chi connectivity index (χ4n) is 2.32. The van der Waals surface area contributed by atoms with Gasteiger partial charge in [-0.1, -0.05) is 13.8 Å². The quantitative estimate of drug-likeness (QED) is 0.625. The molecule has 142 valence electrons. The summed E-state index contributed by atoms with van der Waals surface area (Å²) in [5.74, 6) is 0.513. The Morgan fingerprint density at radius 2 is 1.96 bits per heavy atom. The van der Waals surface area contributed by atoms with Gasteiger partial charge in [-0.3, -0.25) is 14.9 Å². The van der Waals surface area contributed by atoms with Crippen LogP contribution in [0.25, 0.3) is 0 Å². The summed E-state index contributed by atoms with van der Waals surface area (Å²) in [6.45, 7) is 6.30. The van der Waals surface area contributed by atoms with Crippen molar-refractivity contribution in [2.45, 2.75) is 39.7 Å². The van der Waals surface area contributed by atoms with E-state index in [-0.39, 0.29) is 18.2 Å². The first-order valence-corrected chi connectivity index (χ1v) is 10.2. The van der Waals surface area contributed by atoms with Crippen LogP contribution in [0.3, 0.4) is 0 Å². The fraction of sp³-hybridized carbons (Fsp3) is 0.333. The van der Waals surface area contributed by atoms with E-state index < -0.39 is 0 Å². The van der Waals surface area contributed by atoms with Crippen LogP contribution < -0.4 is 10.6 Å².